The average Bonchev–Trinajstić information content (AvgIpc) is 2.13. The Labute approximate surface area is 81.8 Å². The normalized spacial score (nSPS) is 11.6. The van der Waals surface area contributed by atoms with Crippen molar-refractivity contribution in [2.45, 2.75) is 25.4 Å². The highest BCUT2D eigenvalue weighted by Crippen LogP contribution is 2.21. The fourth-order valence-electron chi connectivity index (χ4n) is 1.22. The van der Waals surface area contributed by atoms with Crippen molar-refractivity contribution in [2.24, 2.45) is 0 Å². The van der Waals surface area contributed by atoms with Crippen LogP contribution in [0, 0.1) is 6.42 Å². The summed E-state index contributed by atoms with van der Waals surface area (Å²) in [5.41, 5.74) is 1.09. The highest BCUT2D eigenvalue weighted by molar-refractivity contribution is 5.14. The minimum atomic E-state index is -4.13. The van der Waals surface area contributed by atoms with Gasteiger partial charge in [-0.05, 0) is 24.8 Å². The number of alkyl halides is 3. The maximum atomic E-state index is 11.7. The Bertz CT molecular complexity index is 251. The Kier molecular flexibility index (Phi) is 3.98. The van der Waals surface area contributed by atoms with Gasteiger partial charge in [-0.1, -0.05) is 30.3 Å². The van der Waals surface area contributed by atoms with Crippen LogP contribution < -0.4 is 0 Å². The molecule has 1 aromatic rings. The molecule has 77 valence electrons. The number of benzene rings is 1. The second kappa shape index (κ2) is 5.03. The molecular formula is C11H12F3. The Balaban J connectivity index is 2.17. The summed E-state index contributed by atoms with van der Waals surface area (Å²) in [6.45, 7) is 0. The number of rotatable bonds is 4. The standard InChI is InChI=1S/C11H12F3/c12-11(13,14)9-5-4-8-10-6-2-1-3-7-10/h1-3,6-7,9H,4-5,8H2. The number of aryl methyl sites for hydroxylation is 1. The summed E-state index contributed by atoms with van der Waals surface area (Å²) in [5.74, 6) is 0. The molecule has 0 aliphatic heterocycles. The first-order chi connectivity index (χ1) is 6.58. The van der Waals surface area contributed by atoms with Crippen molar-refractivity contribution in [1.82, 2.24) is 0 Å². The van der Waals surface area contributed by atoms with Crippen LogP contribution in [0.4, 0.5) is 13.2 Å². The molecule has 1 radical (unpaired) electrons. The molecule has 0 fully saturated rings. The van der Waals surface area contributed by atoms with Crippen molar-refractivity contribution in [2.75, 3.05) is 0 Å². The van der Waals surface area contributed by atoms with Gasteiger partial charge < -0.3 is 0 Å². The molecule has 0 N–H and O–H groups in total. The third-order valence-electron chi connectivity index (χ3n) is 1.89. The second-order valence-electron chi connectivity index (χ2n) is 3.12. The lowest BCUT2D eigenvalue weighted by Crippen LogP contribution is -2.07. The molecule has 0 amide bonds. The summed E-state index contributed by atoms with van der Waals surface area (Å²) in [5, 5.41) is 0. The van der Waals surface area contributed by atoms with Crippen molar-refractivity contribution >= 4 is 0 Å². The molecule has 3 heteroatoms. The van der Waals surface area contributed by atoms with Crippen LogP contribution in [0.1, 0.15) is 18.4 Å². The van der Waals surface area contributed by atoms with Crippen LogP contribution in [-0.2, 0) is 6.42 Å². The highest BCUT2D eigenvalue weighted by Gasteiger charge is 2.26. The van der Waals surface area contributed by atoms with Gasteiger partial charge in [-0.2, -0.15) is 13.2 Å². The van der Waals surface area contributed by atoms with Crippen molar-refractivity contribution in [1.29, 1.82) is 0 Å². The maximum Gasteiger partial charge on any atom is 0.392 e. The summed E-state index contributed by atoms with van der Waals surface area (Å²) in [4.78, 5) is 0. The molecule has 0 saturated carbocycles. The number of unbranched alkanes of at least 4 members (excludes halogenated alkanes) is 1. The van der Waals surface area contributed by atoms with Gasteiger partial charge in [-0.15, -0.1) is 0 Å². The third kappa shape index (κ3) is 4.90. The molecule has 0 heterocycles. The van der Waals surface area contributed by atoms with Gasteiger partial charge in [-0.25, -0.2) is 0 Å². The topological polar surface area (TPSA) is 0 Å². The van der Waals surface area contributed by atoms with Crippen molar-refractivity contribution in [3.63, 3.8) is 0 Å². The summed E-state index contributed by atoms with van der Waals surface area (Å²) < 4.78 is 35.2. The van der Waals surface area contributed by atoms with Crippen LogP contribution in [-0.4, -0.2) is 6.18 Å². The summed E-state index contributed by atoms with van der Waals surface area (Å²) in [6.07, 6.45) is -2.37. The molecule has 0 spiro atoms. The van der Waals surface area contributed by atoms with Gasteiger partial charge in [0.05, 0.1) is 6.42 Å². The summed E-state index contributed by atoms with van der Waals surface area (Å²) in [7, 11) is 0. The van der Waals surface area contributed by atoms with E-state index in [9.17, 15) is 13.2 Å². The lowest BCUT2D eigenvalue weighted by Gasteiger charge is -2.04. The minimum absolute atomic E-state index is 0.0956. The third-order valence-corrected chi connectivity index (χ3v) is 1.89. The van der Waals surface area contributed by atoms with E-state index < -0.39 is 6.18 Å². The van der Waals surface area contributed by atoms with Crippen molar-refractivity contribution in [3.05, 3.63) is 42.3 Å². The number of hydrogen-bond acceptors (Lipinski definition) is 0. The SMILES string of the molecule is FC(F)(F)[CH]CCCc1ccccc1. The molecule has 0 bridgehead atoms. The molecule has 1 rings (SSSR count). The molecule has 14 heavy (non-hydrogen) atoms. The predicted octanol–water partition coefficient (Wildman–Crippen LogP) is 3.78. The van der Waals surface area contributed by atoms with Gasteiger partial charge in [0.2, 0.25) is 0 Å². The molecule has 0 nitrogen and oxygen atoms in total. The first-order valence-electron chi connectivity index (χ1n) is 4.53. The molecular weight excluding hydrogens is 189 g/mol. The van der Waals surface area contributed by atoms with Crippen LogP contribution in [0.15, 0.2) is 30.3 Å². The fraction of sp³-hybridized carbons (Fsp3) is 0.364. The van der Waals surface area contributed by atoms with Crippen LogP contribution in [0.5, 0.6) is 0 Å². The van der Waals surface area contributed by atoms with E-state index in [1.165, 1.54) is 0 Å². The van der Waals surface area contributed by atoms with Gasteiger partial charge in [0.1, 0.15) is 0 Å². The molecule has 0 unspecified atom stereocenters. The van der Waals surface area contributed by atoms with E-state index in [0.717, 1.165) is 5.56 Å². The number of hydrogen-bond donors (Lipinski definition) is 0. The average molecular weight is 201 g/mol. The van der Waals surface area contributed by atoms with E-state index in [1.54, 1.807) is 0 Å². The zero-order chi connectivity index (χ0) is 10.4. The Morgan fingerprint density at radius 3 is 2.29 bits per heavy atom. The van der Waals surface area contributed by atoms with Crippen LogP contribution in [0.3, 0.4) is 0 Å². The molecule has 0 aliphatic rings. The van der Waals surface area contributed by atoms with Crippen LogP contribution >= 0.6 is 0 Å². The van der Waals surface area contributed by atoms with Gasteiger partial charge in [-0.3, -0.25) is 0 Å². The van der Waals surface area contributed by atoms with E-state index >= 15 is 0 Å². The van der Waals surface area contributed by atoms with E-state index in [4.69, 9.17) is 0 Å². The lowest BCUT2D eigenvalue weighted by molar-refractivity contribution is -0.0983. The predicted molar refractivity (Wildman–Crippen MR) is 49.7 cm³/mol. The van der Waals surface area contributed by atoms with Gasteiger partial charge in [0, 0.05) is 0 Å². The van der Waals surface area contributed by atoms with Crippen LogP contribution in [0.2, 0.25) is 0 Å². The molecule has 0 atom stereocenters. The Hall–Kier alpha value is -0.990. The molecule has 0 saturated heterocycles. The lowest BCUT2D eigenvalue weighted by atomic mass is 10.1. The second-order valence-corrected chi connectivity index (χ2v) is 3.12. The monoisotopic (exact) mass is 201 g/mol. The van der Waals surface area contributed by atoms with Crippen molar-refractivity contribution < 1.29 is 13.2 Å². The number of halogens is 3. The van der Waals surface area contributed by atoms with Gasteiger partial charge >= 0.3 is 6.18 Å². The Morgan fingerprint density at radius 2 is 1.71 bits per heavy atom. The summed E-state index contributed by atoms with van der Waals surface area (Å²) in [6, 6.07) is 9.53. The van der Waals surface area contributed by atoms with E-state index in [-0.39, 0.29) is 6.42 Å². The van der Waals surface area contributed by atoms with Gasteiger partial charge in [0.15, 0.2) is 0 Å². The van der Waals surface area contributed by atoms with E-state index in [1.807, 2.05) is 30.3 Å². The largest absolute Gasteiger partial charge is 0.392 e. The van der Waals surface area contributed by atoms with Crippen LogP contribution in [0.25, 0.3) is 0 Å². The van der Waals surface area contributed by atoms with Crippen molar-refractivity contribution in [3.8, 4) is 0 Å². The Morgan fingerprint density at radius 1 is 1.07 bits per heavy atom. The molecule has 0 aliphatic carbocycles. The van der Waals surface area contributed by atoms with E-state index in [0.29, 0.717) is 19.3 Å². The molecule has 1 aromatic carbocycles. The zero-order valence-electron chi connectivity index (χ0n) is 7.72. The first kappa shape index (κ1) is 11.1. The zero-order valence-corrected chi connectivity index (χ0v) is 7.72. The highest BCUT2D eigenvalue weighted by atomic mass is 19.4. The minimum Gasteiger partial charge on any atom is -0.171 e. The maximum absolute atomic E-state index is 11.7. The quantitative estimate of drug-likeness (QED) is 0.650. The summed E-state index contributed by atoms with van der Waals surface area (Å²) >= 11 is 0. The fourth-order valence-corrected chi connectivity index (χ4v) is 1.22. The molecule has 0 aromatic heterocycles. The first-order valence-corrected chi connectivity index (χ1v) is 4.53. The van der Waals surface area contributed by atoms with Gasteiger partial charge in [0.25, 0.3) is 0 Å². The smallest absolute Gasteiger partial charge is 0.171 e. The van der Waals surface area contributed by atoms with E-state index in [2.05, 4.69) is 0 Å².